The molecule has 3 heteroatoms. The molecule has 1 aromatic rings. The highest BCUT2D eigenvalue weighted by molar-refractivity contribution is 7.11. The Balaban J connectivity index is 1.56. The fraction of sp³-hybridized carbons (Fsp3) is 0.765. The molecule has 0 bridgehead atoms. The Kier molecular flexibility index (Phi) is 5.14. The summed E-state index contributed by atoms with van der Waals surface area (Å²) in [5, 5.41) is 7.60. The van der Waals surface area contributed by atoms with Crippen LogP contribution < -0.4 is 10.6 Å². The molecule has 0 radical (unpaired) electrons. The van der Waals surface area contributed by atoms with Crippen LogP contribution in [0, 0.1) is 5.92 Å². The Hall–Kier alpha value is -0.380. The van der Waals surface area contributed by atoms with Crippen molar-refractivity contribution >= 4 is 11.3 Å². The maximum Gasteiger partial charge on any atom is 0.0302 e. The van der Waals surface area contributed by atoms with Crippen LogP contribution in [0.1, 0.15) is 55.2 Å². The van der Waals surface area contributed by atoms with Gasteiger partial charge in [-0.2, -0.15) is 0 Å². The Morgan fingerprint density at radius 1 is 1.15 bits per heavy atom. The molecule has 3 unspecified atom stereocenters. The Labute approximate surface area is 127 Å². The van der Waals surface area contributed by atoms with Gasteiger partial charge in [-0.05, 0) is 56.7 Å². The van der Waals surface area contributed by atoms with Crippen molar-refractivity contribution in [3.63, 3.8) is 0 Å². The maximum absolute atomic E-state index is 3.87. The molecule has 2 fully saturated rings. The topological polar surface area (TPSA) is 24.1 Å². The molecule has 1 aromatic heterocycles. The summed E-state index contributed by atoms with van der Waals surface area (Å²) in [5.74, 6) is 0.858. The van der Waals surface area contributed by atoms with Gasteiger partial charge in [-0.3, -0.25) is 0 Å². The van der Waals surface area contributed by atoms with Crippen LogP contribution in [0.3, 0.4) is 0 Å². The van der Waals surface area contributed by atoms with E-state index in [4.69, 9.17) is 0 Å². The maximum atomic E-state index is 3.87. The van der Waals surface area contributed by atoms with Crippen molar-refractivity contribution in [2.45, 2.75) is 70.5 Å². The van der Waals surface area contributed by atoms with Crippen LogP contribution in [-0.2, 0) is 13.0 Å². The van der Waals surface area contributed by atoms with Crippen molar-refractivity contribution in [3.8, 4) is 0 Å². The molecule has 2 aliphatic rings. The number of nitrogens with one attached hydrogen (secondary N) is 2. The minimum Gasteiger partial charge on any atom is -0.314 e. The lowest BCUT2D eigenvalue weighted by atomic mass is 9.79. The lowest BCUT2D eigenvalue weighted by Gasteiger charge is -2.36. The van der Waals surface area contributed by atoms with Crippen LogP contribution in [0.5, 0.6) is 0 Å². The van der Waals surface area contributed by atoms with Crippen molar-refractivity contribution in [3.05, 3.63) is 21.9 Å². The molecular formula is C17H28N2S. The van der Waals surface area contributed by atoms with E-state index >= 15 is 0 Å². The van der Waals surface area contributed by atoms with Crippen LogP contribution in [0.2, 0.25) is 0 Å². The van der Waals surface area contributed by atoms with E-state index in [9.17, 15) is 0 Å². The summed E-state index contributed by atoms with van der Waals surface area (Å²) in [4.78, 5) is 3.02. The fourth-order valence-electron chi connectivity index (χ4n) is 3.91. The summed E-state index contributed by atoms with van der Waals surface area (Å²) in [6.07, 6.45) is 9.56. The number of thiophene rings is 1. The molecule has 2 N–H and O–H groups in total. The summed E-state index contributed by atoms with van der Waals surface area (Å²) in [5.41, 5.74) is 0. The van der Waals surface area contributed by atoms with E-state index in [0.29, 0.717) is 0 Å². The molecule has 0 aromatic carbocycles. The van der Waals surface area contributed by atoms with Crippen molar-refractivity contribution < 1.29 is 0 Å². The van der Waals surface area contributed by atoms with E-state index < -0.39 is 0 Å². The average molecular weight is 292 g/mol. The van der Waals surface area contributed by atoms with Gasteiger partial charge >= 0.3 is 0 Å². The van der Waals surface area contributed by atoms with E-state index in [2.05, 4.69) is 29.7 Å². The standard InChI is InChI=1S/C17H28N2S/c1-2-13-9-10-14(20-13)12-19-17-7-4-3-6-15(17)16-8-5-11-18-16/h9-10,15-19H,2-8,11-12H2,1H3. The van der Waals surface area contributed by atoms with Gasteiger partial charge in [-0.15, -0.1) is 11.3 Å². The van der Waals surface area contributed by atoms with Gasteiger partial charge < -0.3 is 10.6 Å². The molecule has 1 aliphatic heterocycles. The fourth-order valence-corrected chi connectivity index (χ4v) is 4.82. The number of hydrogen-bond donors (Lipinski definition) is 2. The van der Waals surface area contributed by atoms with Gasteiger partial charge in [-0.25, -0.2) is 0 Å². The Bertz CT molecular complexity index is 409. The highest BCUT2D eigenvalue weighted by Gasteiger charge is 2.32. The molecule has 1 saturated heterocycles. The summed E-state index contributed by atoms with van der Waals surface area (Å²) in [6.45, 7) is 4.54. The number of aryl methyl sites for hydroxylation is 1. The minimum atomic E-state index is 0.728. The van der Waals surface area contributed by atoms with Crippen molar-refractivity contribution in [2.24, 2.45) is 5.92 Å². The zero-order valence-corrected chi connectivity index (χ0v) is 13.5. The molecule has 2 nitrogen and oxygen atoms in total. The number of rotatable bonds is 5. The van der Waals surface area contributed by atoms with E-state index in [1.165, 1.54) is 61.2 Å². The number of hydrogen-bond acceptors (Lipinski definition) is 3. The summed E-state index contributed by atoms with van der Waals surface area (Å²) in [7, 11) is 0. The third kappa shape index (κ3) is 3.44. The largest absolute Gasteiger partial charge is 0.314 e. The van der Waals surface area contributed by atoms with Crippen molar-refractivity contribution in [1.82, 2.24) is 10.6 Å². The van der Waals surface area contributed by atoms with Gasteiger partial charge in [0, 0.05) is 28.4 Å². The van der Waals surface area contributed by atoms with Gasteiger partial charge in [0.15, 0.2) is 0 Å². The second kappa shape index (κ2) is 7.06. The van der Waals surface area contributed by atoms with Crippen molar-refractivity contribution in [2.75, 3.05) is 6.54 Å². The molecule has 3 atom stereocenters. The molecule has 3 rings (SSSR count). The lowest BCUT2D eigenvalue weighted by molar-refractivity contribution is 0.214. The first-order valence-corrected chi connectivity index (χ1v) is 9.23. The van der Waals surface area contributed by atoms with Crippen LogP contribution in [-0.4, -0.2) is 18.6 Å². The summed E-state index contributed by atoms with van der Waals surface area (Å²) in [6, 6.07) is 6.11. The van der Waals surface area contributed by atoms with Gasteiger partial charge in [0.2, 0.25) is 0 Å². The van der Waals surface area contributed by atoms with Crippen LogP contribution in [0.25, 0.3) is 0 Å². The van der Waals surface area contributed by atoms with Crippen LogP contribution in [0.15, 0.2) is 12.1 Å². The van der Waals surface area contributed by atoms with Gasteiger partial charge in [-0.1, -0.05) is 19.8 Å². The molecular weight excluding hydrogens is 264 g/mol. The van der Waals surface area contributed by atoms with Gasteiger partial charge in [0.1, 0.15) is 0 Å². The second-order valence-electron chi connectivity index (χ2n) is 6.36. The van der Waals surface area contributed by atoms with E-state index in [0.717, 1.165) is 24.5 Å². The molecule has 1 aliphatic carbocycles. The van der Waals surface area contributed by atoms with Crippen LogP contribution >= 0.6 is 11.3 Å². The zero-order chi connectivity index (χ0) is 13.8. The molecule has 0 spiro atoms. The monoisotopic (exact) mass is 292 g/mol. The normalized spacial score (nSPS) is 30.8. The minimum absolute atomic E-state index is 0.728. The van der Waals surface area contributed by atoms with E-state index in [1.54, 1.807) is 0 Å². The zero-order valence-electron chi connectivity index (χ0n) is 12.7. The molecule has 2 heterocycles. The first kappa shape index (κ1) is 14.6. The summed E-state index contributed by atoms with van der Waals surface area (Å²) >= 11 is 1.98. The smallest absolute Gasteiger partial charge is 0.0302 e. The highest BCUT2D eigenvalue weighted by Crippen LogP contribution is 2.31. The quantitative estimate of drug-likeness (QED) is 0.864. The Morgan fingerprint density at radius 3 is 2.75 bits per heavy atom. The molecule has 0 amide bonds. The summed E-state index contributed by atoms with van der Waals surface area (Å²) < 4.78 is 0. The Morgan fingerprint density at radius 2 is 2.00 bits per heavy atom. The van der Waals surface area contributed by atoms with Crippen LogP contribution in [0.4, 0.5) is 0 Å². The molecule has 1 saturated carbocycles. The lowest BCUT2D eigenvalue weighted by Crippen LogP contribution is -2.46. The average Bonchev–Trinajstić information content (AvgIpc) is 3.17. The predicted octanol–water partition coefficient (Wildman–Crippen LogP) is 3.71. The van der Waals surface area contributed by atoms with Gasteiger partial charge in [0.05, 0.1) is 0 Å². The van der Waals surface area contributed by atoms with Gasteiger partial charge in [0.25, 0.3) is 0 Å². The van der Waals surface area contributed by atoms with E-state index in [-0.39, 0.29) is 0 Å². The highest BCUT2D eigenvalue weighted by atomic mass is 32.1. The first-order chi connectivity index (χ1) is 9.86. The predicted molar refractivity (Wildman–Crippen MR) is 87.3 cm³/mol. The third-order valence-electron chi connectivity index (χ3n) is 5.04. The van der Waals surface area contributed by atoms with Crippen molar-refractivity contribution in [1.29, 1.82) is 0 Å². The third-order valence-corrected chi connectivity index (χ3v) is 6.27. The first-order valence-electron chi connectivity index (χ1n) is 8.41. The second-order valence-corrected chi connectivity index (χ2v) is 7.61. The molecule has 20 heavy (non-hydrogen) atoms. The SMILES string of the molecule is CCc1ccc(CNC2CCCCC2C2CCCN2)s1. The van der Waals surface area contributed by atoms with E-state index in [1.807, 2.05) is 11.3 Å². The molecule has 112 valence electrons.